The highest BCUT2D eigenvalue weighted by molar-refractivity contribution is 5.15. The maximum absolute atomic E-state index is 12.5. The van der Waals surface area contributed by atoms with E-state index in [4.69, 9.17) is 5.73 Å². The first-order valence-electron chi connectivity index (χ1n) is 4.13. The van der Waals surface area contributed by atoms with Gasteiger partial charge in [-0.1, -0.05) is 0 Å². The Morgan fingerprint density at radius 2 is 2.14 bits per heavy atom. The third-order valence-corrected chi connectivity index (χ3v) is 2.03. The number of hydrogen-bond acceptors (Lipinski definition) is 2. The quantitative estimate of drug-likeness (QED) is 0.795. The summed E-state index contributed by atoms with van der Waals surface area (Å²) < 4.78 is 38.6. The molecule has 0 aliphatic heterocycles. The molecule has 1 aromatic rings. The number of hydrogen-bond donors (Lipinski definition) is 1. The predicted molar refractivity (Wildman–Crippen MR) is 45.8 cm³/mol. The number of alkyl halides is 3. The van der Waals surface area contributed by atoms with Crippen LogP contribution in [0.3, 0.4) is 0 Å². The second kappa shape index (κ2) is 3.61. The summed E-state index contributed by atoms with van der Waals surface area (Å²) in [6.07, 6.45) is -4.31. The van der Waals surface area contributed by atoms with Crippen LogP contribution < -0.4 is 5.73 Å². The molecule has 1 atom stereocenters. The summed E-state index contributed by atoms with van der Waals surface area (Å²) in [4.78, 5) is 0. The molecule has 0 bridgehead atoms. The van der Waals surface area contributed by atoms with Crippen LogP contribution in [0.4, 0.5) is 13.2 Å². The Hall–Kier alpha value is -1.04. The molecule has 14 heavy (non-hydrogen) atoms. The van der Waals surface area contributed by atoms with Gasteiger partial charge in [0, 0.05) is 13.6 Å². The van der Waals surface area contributed by atoms with Gasteiger partial charge < -0.3 is 5.73 Å². The third kappa shape index (κ3) is 2.06. The fraction of sp³-hybridized carbons (Fsp3) is 0.625. The van der Waals surface area contributed by atoms with Gasteiger partial charge in [-0.3, -0.25) is 4.68 Å². The van der Waals surface area contributed by atoms with Gasteiger partial charge in [0.1, 0.15) is 5.92 Å². The zero-order valence-electron chi connectivity index (χ0n) is 7.97. The first-order valence-corrected chi connectivity index (χ1v) is 4.13. The lowest BCUT2D eigenvalue weighted by Crippen LogP contribution is -2.29. The molecular formula is C8H12F3N3. The zero-order chi connectivity index (χ0) is 10.9. The van der Waals surface area contributed by atoms with Gasteiger partial charge >= 0.3 is 6.18 Å². The summed E-state index contributed by atoms with van der Waals surface area (Å²) >= 11 is 0. The molecule has 0 spiro atoms. The normalized spacial score (nSPS) is 14.4. The fourth-order valence-corrected chi connectivity index (χ4v) is 1.38. The molecule has 0 radical (unpaired) electrons. The number of aryl methyl sites for hydroxylation is 2. The lowest BCUT2D eigenvalue weighted by molar-refractivity contribution is -0.149. The van der Waals surface area contributed by atoms with Crippen molar-refractivity contribution in [1.29, 1.82) is 0 Å². The van der Waals surface area contributed by atoms with Crippen molar-refractivity contribution >= 4 is 0 Å². The van der Waals surface area contributed by atoms with E-state index < -0.39 is 18.6 Å². The zero-order valence-corrected chi connectivity index (χ0v) is 7.97. The molecule has 0 aromatic carbocycles. The summed E-state index contributed by atoms with van der Waals surface area (Å²) in [6.45, 7) is 1.19. The summed E-state index contributed by atoms with van der Waals surface area (Å²) in [6, 6.07) is 1.41. The van der Waals surface area contributed by atoms with E-state index in [0.717, 1.165) is 0 Å². The van der Waals surface area contributed by atoms with Gasteiger partial charge in [0.15, 0.2) is 0 Å². The average molecular weight is 207 g/mol. The topological polar surface area (TPSA) is 43.8 Å². The molecule has 1 rings (SSSR count). The lowest BCUT2D eigenvalue weighted by atomic mass is 10.1. The van der Waals surface area contributed by atoms with E-state index in [0.29, 0.717) is 5.69 Å². The number of nitrogens with two attached hydrogens (primary N) is 1. The highest BCUT2D eigenvalue weighted by Crippen LogP contribution is 2.33. The van der Waals surface area contributed by atoms with Gasteiger partial charge in [0.2, 0.25) is 0 Å². The largest absolute Gasteiger partial charge is 0.398 e. The van der Waals surface area contributed by atoms with Gasteiger partial charge in [0.05, 0.1) is 11.4 Å². The van der Waals surface area contributed by atoms with E-state index in [-0.39, 0.29) is 5.69 Å². The standard InChI is InChI=1S/C8H12F3N3/c1-5-3-7(14(2)13-5)6(4-12)8(9,10)11/h3,6H,4,12H2,1-2H3. The number of nitrogens with zero attached hydrogens (tertiary/aromatic N) is 2. The van der Waals surface area contributed by atoms with Gasteiger partial charge in [-0.15, -0.1) is 0 Å². The van der Waals surface area contributed by atoms with E-state index >= 15 is 0 Å². The molecule has 0 saturated carbocycles. The molecule has 0 aliphatic rings. The van der Waals surface area contributed by atoms with Crippen molar-refractivity contribution in [2.24, 2.45) is 12.8 Å². The predicted octanol–water partition coefficient (Wildman–Crippen LogP) is 1.33. The summed E-state index contributed by atoms with van der Waals surface area (Å²) in [5.41, 5.74) is 5.78. The Bertz CT molecular complexity index is 316. The Morgan fingerprint density at radius 1 is 1.57 bits per heavy atom. The van der Waals surface area contributed by atoms with Crippen LogP contribution in [0.25, 0.3) is 0 Å². The average Bonchev–Trinajstić information content (AvgIpc) is 2.29. The second-order valence-corrected chi connectivity index (χ2v) is 3.16. The van der Waals surface area contributed by atoms with E-state index in [1.807, 2.05) is 0 Å². The minimum Gasteiger partial charge on any atom is -0.329 e. The number of aromatic nitrogens is 2. The maximum Gasteiger partial charge on any atom is 0.398 e. The van der Waals surface area contributed by atoms with Gasteiger partial charge in [-0.05, 0) is 13.0 Å². The molecule has 1 aromatic heterocycles. The van der Waals surface area contributed by atoms with Crippen LogP contribution in [-0.2, 0) is 7.05 Å². The molecule has 0 amide bonds. The van der Waals surface area contributed by atoms with E-state index in [1.165, 1.54) is 17.8 Å². The van der Waals surface area contributed by atoms with Crippen molar-refractivity contribution in [2.75, 3.05) is 6.54 Å². The number of rotatable bonds is 2. The van der Waals surface area contributed by atoms with Gasteiger partial charge in [-0.25, -0.2) is 0 Å². The molecular weight excluding hydrogens is 195 g/mol. The molecule has 80 valence electrons. The van der Waals surface area contributed by atoms with Crippen LogP contribution in [0.1, 0.15) is 17.3 Å². The van der Waals surface area contributed by atoms with Crippen LogP contribution >= 0.6 is 0 Å². The van der Waals surface area contributed by atoms with Crippen molar-refractivity contribution in [3.05, 3.63) is 17.5 Å². The summed E-state index contributed by atoms with van der Waals surface area (Å²) in [5, 5.41) is 3.85. The van der Waals surface area contributed by atoms with E-state index in [9.17, 15) is 13.2 Å². The van der Waals surface area contributed by atoms with Crippen LogP contribution in [-0.4, -0.2) is 22.5 Å². The number of halogens is 3. The van der Waals surface area contributed by atoms with E-state index in [2.05, 4.69) is 5.10 Å². The third-order valence-electron chi connectivity index (χ3n) is 2.03. The lowest BCUT2D eigenvalue weighted by Gasteiger charge is -2.18. The van der Waals surface area contributed by atoms with Crippen LogP contribution in [0.2, 0.25) is 0 Å². The fourth-order valence-electron chi connectivity index (χ4n) is 1.38. The van der Waals surface area contributed by atoms with Crippen molar-refractivity contribution in [3.8, 4) is 0 Å². The molecule has 3 nitrogen and oxygen atoms in total. The Balaban J connectivity index is 3.07. The van der Waals surface area contributed by atoms with Crippen LogP contribution in [0, 0.1) is 6.92 Å². The molecule has 1 heterocycles. The Labute approximate surface area is 79.7 Å². The summed E-state index contributed by atoms with van der Waals surface area (Å²) in [5.74, 6) is -1.63. The highest BCUT2D eigenvalue weighted by atomic mass is 19.4. The van der Waals surface area contributed by atoms with Crippen molar-refractivity contribution in [3.63, 3.8) is 0 Å². The van der Waals surface area contributed by atoms with Crippen LogP contribution in [0.15, 0.2) is 6.07 Å². The van der Waals surface area contributed by atoms with Gasteiger partial charge in [-0.2, -0.15) is 18.3 Å². The Kier molecular flexibility index (Phi) is 2.84. The molecule has 0 saturated heterocycles. The minimum atomic E-state index is -4.31. The van der Waals surface area contributed by atoms with Gasteiger partial charge in [0.25, 0.3) is 0 Å². The maximum atomic E-state index is 12.5. The SMILES string of the molecule is Cc1cc(C(CN)C(F)(F)F)n(C)n1. The minimum absolute atomic E-state index is 0.109. The van der Waals surface area contributed by atoms with Crippen molar-refractivity contribution in [2.45, 2.75) is 19.0 Å². The summed E-state index contributed by atoms with van der Waals surface area (Å²) in [7, 11) is 1.48. The smallest absolute Gasteiger partial charge is 0.329 e. The first kappa shape index (κ1) is 11.0. The Morgan fingerprint density at radius 3 is 2.43 bits per heavy atom. The van der Waals surface area contributed by atoms with Crippen molar-refractivity contribution in [1.82, 2.24) is 9.78 Å². The molecule has 1 unspecified atom stereocenters. The molecule has 0 aliphatic carbocycles. The molecule has 0 fully saturated rings. The molecule has 6 heteroatoms. The second-order valence-electron chi connectivity index (χ2n) is 3.16. The first-order chi connectivity index (χ1) is 6.36. The van der Waals surface area contributed by atoms with Crippen LogP contribution in [0.5, 0.6) is 0 Å². The van der Waals surface area contributed by atoms with Crippen molar-refractivity contribution < 1.29 is 13.2 Å². The highest BCUT2D eigenvalue weighted by Gasteiger charge is 2.41. The molecule has 2 N–H and O–H groups in total. The van der Waals surface area contributed by atoms with E-state index in [1.54, 1.807) is 6.92 Å². The monoisotopic (exact) mass is 207 g/mol.